The van der Waals surface area contributed by atoms with Crippen LogP contribution < -0.4 is 14.2 Å². The number of carbonyl (C=O) groups excluding carboxylic acids is 1. The lowest BCUT2D eigenvalue weighted by molar-refractivity contribution is -0.294. The van der Waals surface area contributed by atoms with Gasteiger partial charge in [-0.05, 0) is 12.1 Å². The second-order valence-corrected chi connectivity index (χ2v) is 5.01. The van der Waals surface area contributed by atoms with E-state index < -0.39 is 12.1 Å². The molecule has 1 atom stereocenters. The van der Waals surface area contributed by atoms with Crippen LogP contribution in [0.3, 0.4) is 0 Å². The summed E-state index contributed by atoms with van der Waals surface area (Å²) >= 11 is 0. The number of amides is 1. The van der Waals surface area contributed by atoms with Gasteiger partial charge in [-0.15, -0.1) is 0 Å². The van der Waals surface area contributed by atoms with E-state index in [1.54, 1.807) is 32.3 Å². The van der Waals surface area contributed by atoms with Gasteiger partial charge in [0.25, 0.3) is 0 Å². The van der Waals surface area contributed by atoms with E-state index in [9.17, 15) is 4.79 Å². The summed E-state index contributed by atoms with van der Waals surface area (Å²) in [7, 11) is 4.73. The molecule has 20 heavy (non-hydrogen) atoms. The first-order chi connectivity index (χ1) is 9.39. The smallest absolute Gasteiger partial charge is 0.414 e. The zero-order chi connectivity index (χ0) is 14.9. The van der Waals surface area contributed by atoms with Crippen molar-refractivity contribution in [1.29, 1.82) is 0 Å². The third kappa shape index (κ3) is 2.38. The zero-order valence-corrected chi connectivity index (χ0v) is 12.3. The predicted molar refractivity (Wildman–Crippen MR) is 72.0 cm³/mol. The molecule has 1 aliphatic heterocycles. The molecule has 0 aromatic heterocycles. The lowest BCUT2D eigenvalue weighted by atomic mass is 10.2. The van der Waals surface area contributed by atoms with E-state index >= 15 is 0 Å². The molecule has 1 aromatic carbocycles. The Labute approximate surface area is 118 Å². The van der Waals surface area contributed by atoms with Gasteiger partial charge in [0, 0.05) is 21.2 Å². The largest absolute Gasteiger partial charge is 0.426 e. The van der Waals surface area contributed by atoms with Crippen molar-refractivity contribution in [2.24, 2.45) is 5.92 Å². The number of ether oxygens (including phenoxy) is 4. The molecule has 0 bridgehead atoms. The highest BCUT2D eigenvalue weighted by Crippen LogP contribution is 2.48. The Balaban J connectivity index is 2.31. The highest BCUT2D eigenvalue weighted by molar-refractivity contribution is 5.72. The van der Waals surface area contributed by atoms with Crippen LogP contribution >= 0.6 is 0 Å². The van der Waals surface area contributed by atoms with Crippen molar-refractivity contribution in [3.8, 4) is 17.2 Å². The van der Waals surface area contributed by atoms with E-state index in [1.807, 2.05) is 13.8 Å². The molecule has 0 radical (unpaired) electrons. The first-order valence-corrected chi connectivity index (χ1v) is 6.35. The summed E-state index contributed by atoms with van der Waals surface area (Å²) < 4.78 is 22.1. The minimum Gasteiger partial charge on any atom is -0.426 e. The summed E-state index contributed by atoms with van der Waals surface area (Å²) in [5, 5.41) is 0. The van der Waals surface area contributed by atoms with Crippen LogP contribution in [0.25, 0.3) is 0 Å². The number of hydrogen-bond acceptors (Lipinski definition) is 5. The van der Waals surface area contributed by atoms with Crippen molar-refractivity contribution < 1.29 is 23.7 Å². The van der Waals surface area contributed by atoms with E-state index in [1.165, 1.54) is 12.0 Å². The fourth-order valence-corrected chi connectivity index (χ4v) is 1.81. The quantitative estimate of drug-likeness (QED) is 0.852. The second-order valence-electron chi connectivity index (χ2n) is 5.01. The van der Waals surface area contributed by atoms with Crippen LogP contribution in [0.5, 0.6) is 17.2 Å². The number of methoxy groups -OCH3 is 1. The van der Waals surface area contributed by atoms with E-state index in [4.69, 9.17) is 18.9 Å². The lowest BCUT2D eigenvalue weighted by Crippen LogP contribution is -2.45. The van der Waals surface area contributed by atoms with Gasteiger partial charge in [0.1, 0.15) is 0 Å². The Kier molecular flexibility index (Phi) is 3.76. The molecule has 0 N–H and O–H groups in total. The summed E-state index contributed by atoms with van der Waals surface area (Å²) in [5.41, 5.74) is 0. The Hall–Kier alpha value is -1.95. The molecule has 6 heteroatoms. The highest BCUT2D eigenvalue weighted by Gasteiger charge is 2.47. The molecule has 2 rings (SSSR count). The summed E-state index contributed by atoms with van der Waals surface area (Å²) in [5.74, 6) is -0.0656. The minimum absolute atomic E-state index is 0.0442. The van der Waals surface area contributed by atoms with Crippen LogP contribution in [-0.4, -0.2) is 38.2 Å². The van der Waals surface area contributed by atoms with Crippen molar-refractivity contribution in [2.75, 3.05) is 21.2 Å². The molecule has 1 aromatic rings. The molecule has 0 saturated heterocycles. The van der Waals surface area contributed by atoms with Gasteiger partial charge in [0.2, 0.25) is 5.75 Å². The fourth-order valence-electron chi connectivity index (χ4n) is 1.81. The molecule has 0 spiro atoms. The molecule has 0 fully saturated rings. The van der Waals surface area contributed by atoms with Crippen LogP contribution in [0.15, 0.2) is 18.2 Å². The average molecular weight is 281 g/mol. The molecule has 1 amide bonds. The number of nitrogens with zero attached hydrogens (tertiary/aromatic N) is 1. The molecule has 1 unspecified atom stereocenters. The van der Waals surface area contributed by atoms with Gasteiger partial charge >= 0.3 is 12.1 Å². The molecule has 1 aliphatic rings. The van der Waals surface area contributed by atoms with Crippen molar-refractivity contribution in [2.45, 2.75) is 19.8 Å². The van der Waals surface area contributed by atoms with Crippen molar-refractivity contribution in [3.05, 3.63) is 18.2 Å². The van der Waals surface area contributed by atoms with Gasteiger partial charge in [-0.3, -0.25) is 0 Å². The first-order valence-electron chi connectivity index (χ1n) is 6.35. The second kappa shape index (κ2) is 5.20. The maximum atomic E-state index is 11.7. The van der Waals surface area contributed by atoms with Crippen LogP contribution in [0.1, 0.15) is 13.8 Å². The standard InChI is InChI=1S/C14H19NO5/c1-9(2)14(17-5)19-11-8-6-7-10(12(11)20-14)18-13(16)15(3)4/h6-9H,1-5H3. The normalized spacial score (nSPS) is 20.1. The van der Waals surface area contributed by atoms with E-state index in [2.05, 4.69) is 0 Å². The van der Waals surface area contributed by atoms with Crippen molar-refractivity contribution in [1.82, 2.24) is 4.90 Å². The van der Waals surface area contributed by atoms with Crippen molar-refractivity contribution in [3.63, 3.8) is 0 Å². The third-order valence-electron chi connectivity index (χ3n) is 2.99. The van der Waals surface area contributed by atoms with Gasteiger partial charge in [-0.25, -0.2) is 4.79 Å². The SMILES string of the molecule is COC1(C(C)C)Oc2cccc(OC(=O)N(C)C)c2O1. The number of hydrogen-bond donors (Lipinski definition) is 0. The summed E-state index contributed by atoms with van der Waals surface area (Å²) in [4.78, 5) is 13.0. The predicted octanol–water partition coefficient (Wildman–Crippen LogP) is 2.47. The fraction of sp³-hybridized carbons (Fsp3) is 0.500. The van der Waals surface area contributed by atoms with Gasteiger partial charge in [0.05, 0.1) is 5.92 Å². The van der Waals surface area contributed by atoms with Crippen LogP contribution in [0, 0.1) is 5.92 Å². The number of rotatable bonds is 3. The summed E-state index contributed by atoms with van der Waals surface area (Å²) in [6.07, 6.45) is -0.485. The first kappa shape index (κ1) is 14.5. The van der Waals surface area contributed by atoms with E-state index in [0.29, 0.717) is 17.2 Å². The Morgan fingerprint density at radius 1 is 1.30 bits per heavy atom. The Morgan fingerprint density at radius 3 is 2.55 bits per heavy atom. The monoisotopic (exact) mass is 281 g/mol. The molecule has 0 aliphatic carbocycles. The number of carbonyl (C=O) groups is 1. The molecular weight excluding hydrogens is 262 g/mol. The Morgan fingerprint density at radius 2 is 2.00 bits per heavy atom. The van der Waals surface area contributed by atoms with Gasteiger partial charge in [0.15, 0.2) is 11.5 Å². The van der Waals surface area contributed by atoms with Gasteiger partial charge in [-0.1, -0.05) is 19.9 Å². The van der Waals surface area contributed by atoms with Gasteiger partial charge in [-0.2, -0.15) is 0 Å². The average Bonchev–Trinajstić information content (AvgIpc) is 2.79. The van der Waals surface area contributed by atoms with Crippen LogP contribution in [0.2, 0.25) is 0 Å². The van der Waals surface area contributed by atoms with E-state index in [0.717, 1.165) is 0 Å². The van der Waals surface area contributed by atoms with Crippen LogP contribution in [-0.2, 0) is 4.74 Å². The summed E-state index contributed by atoms with van der Waals surface area (Å²) in [6, 6.07) is 5.12. The third-order valence-corrected chi connectivity index (χ3v) is 2.99. The number of benzene rings is 1. The molecule has 1 heterocycles. The van der Waals surface area contributed by atoms with Gasteiger partial charge < -0.3 is 23.8 Å². The van der Waals surface area contributed by atoms with Crippen molar-refractivity contribution >= 4 is 6.09 Å². The lowest BCUT2D eigenvalue weighted by Gasteiger charge is -2.28. The van der Waals surface area contributed by atoms with Crippen LogP contribution in [0.4, 0.5) is 4.79 Å². The highest BCUT2D eigenvalue weighted by atomic mass is 16.9. The zero-order valence-electron chi connectivity index (χ0n) is 12.3. The number of para-hydroxylation sites is 1. The van der Waals surface area contributed by atoms with E-state index in [-0.39, 0.29) is 5.92 Å². The molecular formula is C14H19NO5. The minimum atomic E-state index is -1.19. The molecule has 110 valence electrons. The maximum Gasteiger partial charge on any atom is 0.414 e. The molecule has 6 nitrogen and oxygen atoms in total. The summed E-state index contributed by atoms with van der Waals surface area (Å²) in [6.45, 7) is 3.84. The Bertz CT molecular complexity index is 514. The maximum absolute atomic E-state index is 11.7. The molecule has 0 saturated carbocycles. The number of fused-ring (bicyclic) bond motifs is 1. The topological polar surface area (TPSA) is 57.2 Å².